The van der Waals surface area contributed by atoms with Crippen LogP contribution < -0.4 is 0 Å². The van der Waals surface area contributed by atoms with Crippen molar-refractivity contribution in [3.63, 3.8) is 0 Å². The molecule has 0 unspecified atom stereocenters. The third-order valence-electron chi connectivity index (χ3n) is 3.59. The van der Waals surface area contributed by atoms with Gasteiger partial charge < -0.3 is 0 Å². The molecule has 0 bridgehead atoms. The van der Waals surface area contributed by atoms with Gasteiger partial charge in [-0.15, -0.1) is 0 Å². The molecule has 3 rings (SSSR count). The highest BCUT2D eigenvalue weighted by Gasteiger charge is 2.13. The Balaban J connectivity index is 2.33. The van der Waals surface area contributed by atoms with Crippen LogP contribution in [0.3, 0.4) is 0 Å². The van der Waals surface area contributed by atoms with Gasteiger partial charge in [-0.05, 0) is 46.5 Å². The van der Waals surface area contributed by atoms with Gasteiger partial charge in [-0.1, -0.05) is 48.5 Å². The number of hydrogen-bond acceptors (Lipinski definition) is 2. The van der Waals surface area contributed by atoms with E-state index in [9.17, 15) is 13.0 Å². The average Bonchev–Trinajstić information content (AvgIpc) is 2.46. The van der Waals surface area contributed by atoms with E-state index in [4.69, 9.17) is 0 Å². The zero-order valence-corrected chi connectivity index (χ0v) is 12.3. The molecular weight excluding hydrogens is 284 g/mol. The van der Waals surface area contributed by atoms with Crippen LogP contribution >= 0.6 is 0 Å². The molecule has 0 atom stereocenters. The average molecular weight is 298 g/mol. The maximum Gasteiger partial charge on any atom is 0.294 e. The Labute approximate surface area is 123 Å². The first kappa shape index (κ1) is 13.8. The van der Waals surface area contributed by atoms with Crippen molar-refractivity contribution in [3.8, 4) is 11.1 Å². The van der Waals surface area contributed by atoms with Gasteiger partial charge in [-0.2, -0.15) is 8.42 Å². The molecule has 0 saturated heterocycles. The SMILES string of the molecule is Cc1ccc(S(=O)(=O)O)cc1-c1cccc2ccccc12. The van der Waals surface area contributed by atoms with Crippen LogP contribution in [-0.2, 0) is 10.1 Å². The van der Waals surface area contributed by atoms with Crippen molar-refractivity contribution in [3.05, 3.63) is 66.2 Å². The van der Waals surface area contributed by atoms with Crippen molar-refractivity contribution in [2.24, 2.45) is 0 Å². The Morgan fingerprint density at radius 2 is 1.57 bits per heavy atom. The van der Waals surface area contributed by atoms with E-state index >= 15 is 0 Å². The summed E-state index contributed by atoms with van der Waals surface area (Å²) in [5.74, 6) is 0. The molecule has 0 heterocycles. The van der Waals surface area contributed by atoms with E-state index in [0.29, 0.717) is 0 Å². The number of fused-ring (bicyclic) bond motifs is 1. The largest absolute Gasteiger partial charge is 0.294 e. The fourth-order valence-electron chi connectivity index (χ4n) is 2.51. The summed E-state index contributed by atoms with van der Waals surface area (Å²) >= 11 is 0. The molecule has 0 radical (unpaired) electrons. The highest BCUT2D eigenvalue weighted by atomic mass is 32.2. The monoisotopic (exact) mass is 298 g/mol. The van der Waals surface area contributed by atoms with E-state index in [-0.39, 0.29) is 4.90 Å². The number of benzene rings is 3. The van der Waals surface area contributed by atoms with Gasteiger partial charge in [0.25, 0.3) is 10.1 Å². The number of hydrogen-bond donors (Lipinski definition) is 1. The van der Waals surface area contributed by atoms with Crippen molar-refractivity contribution in [2.75, 3.05) is 0 Å². The molecule has 0 amide bonds. The molecule has 0 aromatic heterocycles. The first-order chi connectivity index (χ1) is 9.97. The molecule has 3 aromatic rings. The third-order valence-corrected chi connectivity index (χ3v) is 4.44. The normalized spacial score (nSPS) is 11.7. The summed E-state index contributed by atoms with van der Waals surface area (Å²) in [6.07, 6.45) is 0. The molecule has 3 nitrogen and oxygen atoms in total. The summed E-state index contributed by atoms with van der Waals surface area (Å²) in [5, 5.41) is 2.14. The van der Waals surface area contributed by atoms with E-state index in [1.165, 1.54) is 12.1 Å². The third kappa shape index (κ3) is 2.55. The van der Waals surface area contributed by atoms with Gasteiger partial charge in [0.1, 0.15) is 0 Å². The molecule has 21 heavy (non-hydrogen) atoms. The van der Waals surface area contributed by atoms with Gasteiger partial charge in [0.15, 0.2) is 0 Å². The van der Waals surface area contributed by atoms with Crippen molar-refractivity contribution < 1.29 is 13.0 Å². The summed E-state index contributed by atoms with van der Waals surface area (Å²) in [6, 6.07) is 18.5. The number of rotatable bonds is 2. The van der Waals surface area contributed by atoms with Gasteiger partial charge in [0, 0.05) is 0 Å². The summed E-state index contributed by atoms with van der Waals surface area (Å²) in [5.41, 5.74) is 2.72. The molecule has 106 valence electrons. The Morgan fingerprint density at radius 1 is 0.857 bits per heavy atom. The van der Waals surface area contributed by atoms with Crippen LogP contribution in [0.2, 0.25) is 0 Å². The lowest BCUT2D eigenvalue weighted by atomic mass is 9.95. The van der Waals surface area contributed by atoms with Gasteiger partial charge >= 0.3 is 0 Å². The fourth-order valence-corrected chi connectivity index (χ4v) is 3.02. The molecule has 0 spiro atoms. The minimum atomic E-state index is -4.20. The molecule has 1 N–H and O–H groups in total. The highest BCUT2D eigenvalue weighted by Crippen LogP contribution is 2.32. The standard InChI is InChI=1S/C17H14O3S/c1-12-9-10-14(21(18,19)20)11-17(12)16-8-4-6-13-5-2-3-7-15(13)16/h2-11H,1H3,(H,18,19,20). The van der Waals surface area contributed by atoms with E-state index in [2.05, 4.69) is 0 Å². The van der Waals surface area contributed by atoms with Gasteiger partial charge in [0.05, 0.1) is 4.90 Å². The second-order valence-corrected chi connectivity index (χ2v) is 6.40. The molecule has 0 aliphatic heterocycles. The van der Waals surface area contributed by atoms with E-state index < -0.39 is 10.1 Å². The summed E-state index contributed by atoms with van der Waals surface area (Å²) in [7, 11) is -4.20. The zero-order chi connectivity index (χ0) is 15.0. The minimum absolute atomic E-state index is 0.0870. The lowest BCUT2D eigenvalue weighted by molar-refractivity contribution is 0.483. The lowest BCUT2D eigenvalue weighted by Crippen LogP contribution is -1.99. The van der Waals surface area contributed by atoms with Gasteiger partial charge in [0.2, 0.25) is 0 Å². The first-order valence-electron chi connectivity index (χ1n) is 6.53. The second-order valence-electron chi connectivity index (χ2n) is 4.98. The maximum absolute atomic E-state index is 11.3. The lowest BCUT2D eigenvalue weighted by Gasteiger charge is -2.11. The van der Waals surface area contributed by atoms with Crippen LogP contribution in [0.1, 0.15) is 5.56 Å². The Kier molecular flexibility index (Phi) is 3.27. The Morgan fingerprint density at radius 3 is 2.33 bits per heavy atom. The van der Waals surface area contributed by atoms with Crippen LogP contribution in [0.5, 0.6) is 0 Å². The van der Waals surface area contributed by atoms with E-state index in [0.717, 1.165) is 27.5 Å². The molecule has 0 aliphatic rings. The van der Waals surface area contributed by atoms with Crippen LogP contribution in [0.25, 0.3) is 21.9 Å². The smallest absolute Gasteiger partial charge is 0.282 e. The molecule has 0 aliphatic carbocycles. The number of aryl methyl sites for hydroxylation is 1. The van der Waals surface area contributed by atoms with Crippen LogP contribution in [-0.4, -0.2) is 13.0 Å². The van der Waals surface area contributed by atoms with Crippen LogP contribution in [0.4, 0.5) is 0 Å². The van der Waals surface area contributed by atoms with Gasteiger partial charge in [-0.3, -0.25) is 4.55 Å². The fraction of sp³-hybridized carbons (Fsp3) is 0.0588. The predicted molar refractivity (Wildman–Crippen MR) is 83.9 cm³/mol. The first-order valence-corrected chi connectivity index (χ1v) is 7.97. The molecular formula is C17H14O3S. The van der Waals surface area contributed by atoms with E-state index in [1.807, 2.05) is 49.4 Å². The van der Waals surface area contributed by atoms with Crippen molar-refractivity contribution in [1.29, 1.82) is 0 Å². The quantitative estimate of drug-likeness (QED) is 0.726. The van der Waals surface area contributed by atoms with Crippen molar-refractivity contribution >= 4 is 20.9 Å². The highest BCUT2D eigenvalue weighted by molar-refractivity contribution is 7.85. The van der Waals surface area contributed by atoms with Gasteiger partial charge in [-0.25, -0.2) is 0 Å². The maximum atomic E-state index is 11.3. The molecule has 0 fully saturated rings. The van der Waals surface area contributed by atoms with Crippen LogP contribution in [0.15, 0.2) is 65.6 Å². The molecule has 3 aromatic carbocycles. The van der Waals surface area contributed by atoms with E-state index in [1.54, 1.807) is 6.07 Å². The Bertz CT molecular complexity index is 922. The van der Waals surface area contributed by atoms with Crippen LogP contribution in [0, 0.1) is 6.92 Å². The second kappa shape index (κ2) is 4.98. The summed E-state index contributed by atoms with van der Waals surface area (Å²) in [6.45, 7) is 1.92. The molecule has 0 saturated carbocycles. The minimum Gasteiger partial charge on any atom is -0.282 e. The summed E-state index contributed by atoms with van der Waals surface area (Å²) < 4.78 is 31.9. The molecule has 4 heteroatoms. The van der Waals surface area contributed by atoms with Crippen molar-refractivity contribution in [1.82, 2.24) is 0 Å². The predicted octanol–water partition coefficient (Wildman–Crippen LogP) is 4.06. The Hall–Kier alpha value is -2.17. The van der Waals surface area contributed by atoms with Crippen molar-refractivity contribution in [2.45, 2.75) is 11.8 Å². The summed E-state index contributed by atoms with van der Waals surface area (Å²) in [4.78, 5) is -0.0870. The zero-order valence-electron chi connectivity index (χ0n) is 11.4. The topological polar surface area (TPSA) is 54.4 Å².